The van der Waals surface area contributed by atoms with Gasteiger partial charge in [-0.15, -0.1) is 0 Å². The van der Waals surface area contributed by atoms with Crippen LogP contribution >= 0.6 is 47.0 Å². The molecule has 30 heavy (non-hydrogen) atoms. The number of benzene rings is 2. The van der Waals surface area contributed by atoms with E-state index in [-0.39, 0.29) is 22.4 Å². The van der Waals surface area contributed by atoms with E-state index < -0.39 is 11.9 Å². The molecule has 156 valence electrons. The molecule has 0 unspecified atom stereocenters. The first-order valence-electron chi connectivity index (χ1n) is 8.50. The molecule has 0 atom stereocenters. The molecule has 2 aromatic carbocycles. The van der Waals surface area contributed by atoms with Gasteiger partial charge >= 0.3 is 5.97 Å². The molecule has 1 aliphatic rings. The van der Waals surface area contributed by atoms with E-state index in [1.807, 2.05) is 0 Å². The van der Waals surface area contributed by atoms with E-state index in [4.69, 9.17) is 56.5 Å². The zero-order valence-electron chi connectivity index (χ0n) is 15.8. The topological polar surface area (TPSA) is 59.1 Å². The first-order chi connectivity index (χ1) is 14.3. The van der Waals surface area contributed by atoms with Gasteiger partial charge in [0.05, 0.1) is 24.9 Å². The third-order valence-electron chi connectivity index (χ3n) is 4.27. The van der Waals surface area contributed by atoms with Crippen molar-refractivity contribution >= 4 is 75.8 Å². The van der Waals surface area contributed by atoms with Gasteiger partial charge in [0, 0.05) is 15.6 Å². The smallest absolute Gasteiger partial charge is 0.325 e. The number of halogens is 3. The summed E-state index contributed by atoms with van der Waals surface area (Å²) in [5, 5.41) is 1.26. The van der Waals surface area contributed by atoms with Crippen LogP contribution in [0.5, 0.6) is 5.75 Å². The molecular formula is C20H15Cl3N2O4S. The van der Waals surface area contributed by atoms with Crippen LogP contribution in [-0.4, -0.2) is 42.7 Å². The number of ether oxygens (including phenoxy) is 2. The molecule has 1 saturated heterocycles. The number of anilines is 1. The minimum absolute atomic E-state index is 0.117. The lowest BCUT2D eigenvalue weighted by atomic mass is 10.1. The standard InChI is InChI=1S/C20H15Cl3N2O4S/c1-28-17(26)10-24-16(8-11-7-13(22)9-15(23)18(11)29-2)19(27)25(20(24)30)14-5-3-12(21)4-6-14/h3-9H,10H2,1-2H3/b16-8-. The Balaban J connectivity index is 2.13. The van der Waals surface area contributed by atoms with Gasteiger partial charge in [0.25, 0.3) is 5.91 Å². The molecule has 3 rings (SSSR count). The maximum absolute atomic E-state index is 13.3. The van der Waals surface area contributed by atoms with E-state index in [0.29, 0.717) is 27.0 Å². The largest absolute Gasteiger partial charge is 0.495 e. The number of hydrogen-bond acceptors (Lipinski definition) is 5. The lowest BCUT2D eigenvalue weighted by molar-refractivity contribution is -0.140. The monoisotopic (exact) mass is 484 g/mol. The number of carbonyl (C=O) groups excluding carboxylic acids is 2. The van der Waals surface area contributed by atoms with Crippen LogP contribution in [0.15, 0.2) is 42.1 Å². The summed E-state index contributed by atoms with van der Waals surface area (Å²) >= 11 is 23.8. The molecule has 10 heteroatoms. The second-order valence-corrected chi connectivity index (χ2v) is 7.75. The van der Waals surface area contributed by atoms with Crippen LogP contribution < -0.4 is 9.64 Å². The fourth-order valence-electron chi connectivity index (χ4n) is 2.89. The highest BCUT2D eigenvalue weighted by Gasteiger charge is 2.40. The van der Waals surface area contributed by atoms with Gasteiger partial charge < -0.3 is 14.4 Å². The second kappa shape index (κ2) is 9.22. The number of thiocarbonyl (C=S) groups is 1. The molecule has 0 aromatic heterocycles. The lowest BCUT2D eigenvalue weighted by Crippen LogP contribution is -2.35. The molecular weight excluding hydrogens is 471 g/mol. The molecule has 0 spiro atoms. The maximum Gasteiger partial charge on any atom is 0.325 e. The van der Waals surface area contributed by atoms with Crippen LogP contribution in [0.4, 0.5) is 5.69 Å². The summed E-state index contributed by atoms with van der Waals surface area (Å²) in [4.78, 5) is 28.0. The van der Waals surface area contributed by atoms with Gasteiger partial charge in [-0.3, -0.25) is 14.5 Å². The number of nitrogens with zero attached hydrogens (tertiary/aromatic N) is 2. The second-order valence-electron chi connectivity index (χ2n) is 6.10. The van der Waals surface area contributed by atoms with Gasteiger partial charge in [0.2, 0.25) is 0 Å². The highest BCUT2D eigenvalue weighted by atomic mass is 35.5. The summed E-state index contributed by atoms with van der Waals surface area (Å²) in [6, 6.07) is 9.71. The molecule has 0 aliphatic carbocycles. The van der Waals surface area contributed by atoms with Gasteiger partial charge in [-0.1, -0.05) is 34.8 Å². The molecule has 1 fully saturated rings. The van der Waals surface area contributed by atoms with Crippen LogP contribution in [0.25, 0.3) is 6.08 Å². The summed E-state index contributed by atoms with van der Waals surface area (Å²) in [6.07, 6.45) is 1.52. The molecule has 1 heterocycles. The van der Waals surface area contributed by atoms with Crippen molar-refractivity contribution in [2.75, 3.05) is 25.7 Å². The molecule has 2 aromatic rings. The van der Waals surface area contributed by atoms with Gasteiger partial charge in [-0.25, -0.2) is 0 Å². The number of amides is 1. The fourth-order valence-corrected chi connectivity index (χ4v) is 3.96. The number of methoxy groups -OCH3 is 2. The van der Waals surface area contributed by atoms with Crippen molar-refractivity contribution in [1.29, 1.82) is 0 Å². The fraction of sp³-hybridized carbons (Fsp3) is 0.150. The molecule has 0 saturated carbocycles. The van der Waals surface area contributed by atoms with Crippen molar-refractivity contribution in [1.82, 2.24) is 4.90 Å². The summed E-state index contributed by atoms with van der Waals surface area (Å²) in [5.41, 5.74) is 1.09. The van der Waals surface area contributed by atoms with Gasteiger partial charge in [-0.05, 0) is 54.7 Å². The van der Waals surface area contributed by atoms with Crippen molar-refractivity contribution in [3.05, 3.63) is 62.7 Å². The summed E-state index contributed by atoms with van der Waals surface area (Å²) in [7, 11) is 2.70. The number of carbonyl (C=O) groups is 2. The Morgan fingerprint density at radius 3 is 2.37 bits per heavy atom. The average molecular weight is 486 g/mol. The average Bonchev–Trinajstić information content (AvgIpc) is 2.92. The lowest BCUT2D eigenvalue weighted by Gasteiger charge is -2.19. The van der Waals surface area contributed by atoms with Crippen molar-refractivity contribution < 1.29 is 19.1 Å². The van der Waals surface area contributed by atoms with Crippen LogP contribution in [0.2, 0.25) is 15.1 Å². The van der Waals surface area contributed by atoms with E-state index in [2.05, 4.69) is 0 Å². The zero-order valence-corrected chi connectivity index (χ0v) is 18.9. The maximum atomic E-state index is 13.3. The Morgan fingerprint density at radius 1 is 1.10 bits per heavy atom. The SMILES string of the molecule is COC(=O)CN1C(=S)N(c2ccc(Cl)cc2)C(=O)/C1=C/c1cc(Cl)cc(Cl)c1OC. The third kappa shape index (κ3) is 4.39. The van der Waals surface area contributed by atoms with Crippen LogP contribution in [0.3, 0.4) is 0 Å². The molecule has 1 aliphatic heterocycles. The Bertz CT molecular complexity index is 1060. The predicted octanol–water partition coefficient (Wildman–Crippen LogP) is 4.80. The van der Waals surface area contributed by atoms with Crippen molar-refractivity contribution in [3.8, 4) is 5.75 Å². The van der Waals surface area contributed by atoms with Crippen LogP contribution in [0, 0.1) is 0 Å². The van der Waals surface area contributed by atoms with E-state index in [1.54, 1.807) is 30.3 Å². The van der Waals surface area contributed by atoms with Crippen molar-refractivity contribution in [2.24, 2.45) is 0 Å². The Morgan fingerprint density at radius 2 is 1.77 bits per heavy atom. The molecule has 1 amide bonds. The Labute approximate surface area is 193 Å². The first kappa shape index (κ1) is 22.4. The molecule has 0 bridgehead atoms. The van der Waals surface area contributed by atoms with E-state index in [9.17, 15) is 9.59 Å². The quantitative estimate of drug-likeness (QED) is 0.344. The van der Waals surface area contributed by atoms with E-state index in [0.717, 1.165) is 0 Å². The van der Waals surface area contributed by atoms with E-state index >= 15 is 0 Å². The highest BCUT2D eigenvalue weighted by molar-refractivity contribution is 7.80. The van der Waals surface area contributed by atoms with Crippen LogP contribution in [0.1, 0.15) is 5.56 Å². The summed E-state index contributed by atoms with van der Waals surface area (Å²) < 4.78 is 10.1. The number of rotatable bonds is 5. The van der Waals surface area contributed by atoms with Gasteiger partial charge in [-0.2, -0.15) is 0 Å². The molecule has 0 radical (unpaired) electrons. The Kier molecular flexibility index (Phi) is 6.88. The minimum atomic E-state index is -0.565. The highest BCUT2D eigenvalue weighted by Crippen LogP contribution is 2.36. The summed E-state index contributed by atoms with van der Waals surface area (Å²) in [5.74, 6) is -0.676. The number of esters is 1. The summed E-state index contributed by atoms with van der Waals surface area (Å²) in [6.45, 7) is -0.256. The van der Waals surface area contributed by atoms with E-state index in [1.165, 1.54) is 36.2 Å². The molecule has 0 N–H and O–H groups in total. The number of hydrogen-bond donors (Lipinski definition) is 0. The van der Waals surface area contributed by atoms with Gasteiger partial charge in [0.1, 0.15) is 18.0 Å². The predicted molar refractivity (Wildman–Crippen MR) is 121 cm³/mol. The van der Waals surface area contributed by atoms with Gasteiger partial charge in [0.15, 0.2) is 5.11 Å². The molecule has 6 nitrogen and oxygen atoms in total. The Hall–Kier alpha value is -2.32. The van der Waals surface area contributed by atoms with Crippen LogP contribution in [-0.2, 0) is 14.3 Å². The third-order valence-corrected chi connectivity index (χ3v) is 5.42. The zero-order chi connectivity index (χ0) is 22.0. The van der Waals surface area contributed by atoms with Crippen molar-refractivity contribution in [2.45, 2.75) is 0 Å². The van der Waals surface area contributed by atoms with Crippen molar-refractivity contribution in [3.63, 3.8) is 0 Å². The first-order valence-corrected chi connectivity index (χ1v) is 10.0. The minimum Gasteiger partial charge on any atom is -0.495 e. The normalized spacial score (nSPS) is 15.2.